The molecule has 0 bridgehead atoms. The summed E-state index contributed by atoms with van der Waals surface area (Å²) in [7, 11) is 7.43. The Bertz CT molecular complexity index is 599. The van der Waals surface area contributed by atoms with Gasteiger partial charge in [-0.3, -0.25) is 4.79 Å². The second kappa shape index (κ2) is 6.30. The number of hydrogen-bond donors (Lipinski definition) is 0. The van der Waals surface area contributed by atoms with Crippen molar-refractivity contribution in [2.75, 3.05) is 38.0 Å². The van der Waals surface area contributed by atoms with E-state index in [9.17, 15) is 4.79 Å². The van der Waals surface area contributed by atoms with Crippen LogP contribution in [0.1, 0.15) is 16.2 Å². The summed E-state index contributed by atoms with van der Waals surface area (Å²) < 4.78 is 0. The van der Waals surface area contributed by atoms with E-state index in [4.69, 9.17) is 0 Å². The Kier molecular flexibility index (Phi) is 4.47. The summed E-state index contributed by atoms with van der Waals surface area (Å²) >= 11 is 0. The van der Waals surface area contributed by atoms with E-state index in [1.165, 1.54) is 0 Å². The molecular weight excluding hydrogens is 266 g/mol. The summed E-state index contributed by atoms with van der Waals surface area (Å²) in [5.74, 6) is 1.57. The van der Waals surface area contributed by atoms with Gasteiger partial charge in [0.05, 0.1) is 6.42 Å². The molecule has 0 N–H and O–H groups in total. The van der Waals surface area contributed by atoms with Crippen molar-refractivity contribution in [1.82, 2.24) is 15.0 Å². The average Bonchev–Trinajstić information content (AvgIpc) is 2.47. The Hall–Kier alpha value is -2.50. The molecule has 0 radical (unpaired) electrons. The molecule has 0 aliphatic rings. The highest BCUT2D eigenvalue weighted by molar-refractivity contribution is 5.97. The van der Waals surface area contributed by atoms with Crippen molar-refractivity contribution < 1.29 is 4.79 Å². The second-order valence-electron chi connectivity index (χ2n) is 5.11. The van der Waals surface area contributed by atoms with E-state index in [2.05, 4.69) is 15.0 Å². The number of Topliss-reactive ketones (excluding diaryl/α,β-unsaturated/α-hetero) is 1. The molecule has 6 nitrogen and oxygen atoms in total. The van der Waals surface area contributed by atoms with Crippen LogP contribution in [0.5, 0.6) is 0 Å². The predicted molar refractivity (Wildman–Crippen MR) is 83.0 cm³/mol. The third-order valence-electron chi connectivity index (χ3n) is 2.87. The van der Waals surface area contributed by atoms with Crippen LogP contribution in [0.4, 0.5) is 11.9 Å². The van der Waals surface area contributed by atoms with Crippen LogP contribution in [0.15, 0.2) is 30.3 Å². The van der Waals surface area contributed by atoms with Gasteiger partial charge in [0.2, 0.25) is 11.9 Å². The number of carbonyl (C=O) groups excluding carboxylic acids is 1. The fourth-order valence-corrected chi connectivity index (χ4v) is 1.74. The number of ketones is 1. The monoisotopic (exact) mass is 285 g/mol. The van der Waals surface area contributed by atoms with E-state index in [1.807, 2.05) is 46.4 Å². The normalized spacial score (nSPS) is 10.3. The van der Waals surface area contributed by atoms with Gasteiger partial charge >= 0.3 is 0 Å². The van der Waals surface area contributed by atoms with Gasteiger partial charge in [-0.15, -0.1) is 0 Å². The number of hydrogen-bond acceptors (Lipinski definition) is 6. The minimum absolute atomic E-state index is 0.00351. The zero-order chi connectivity index (χ0) is 15.4. The molecule has 0 spiro atoms. The summed E-state index contributed by atoms with van der Waals surface area (Å²) in [6.45, 7) is 0. The maximum atomic E-state index is 12.2. The molecule has 1 heterocycles. The quantitative estimate of drug-likeness (QED) is 0.774. The molecule has 0 saturated heterocycles. The van der Waals surface area contributed by atoms with Crippen molar-refractivity contribution in [3.8, 4) is 0 Å². The molecule has 0 aliphatic heterocycles. The first-order chi connectivity index (χ1) is 9.97. The SMILES string of the molecule is CN(C)c1nc(CC(=O)c2ccccc2)nc(N(C)C)n1. The molecule has 21 heavy (non-hydrogen) atoms. The Balaban J connectivity index is 2.29. The number of rotatable bonds is 5. The first-order valence-electron chi connectivity index (χ1n) is 6.65. The van der Waals surface area contributed by atoms with Crippen LogP contribution in [0.3, 0.4) is 0 Å². The number of nitrogens with zero attached hydrogens (tertiary/aromatic N) is 5. The molecule has 6 heteroatoms. The van der Waals surface area contributed by atoms with E-state index in [0.29, 0.717) is 23.3 Å². The molecule has 0 unspecified atom stereocenters. The number of anilines is 2. The molecule has 1 aromatic carbocycles. The molecule has 1 aromatic heterocycles. The van der Waals surface area contributed by atoms with E-state index in [-0.39, 0.29) is 12.2 Å². The molecular formula is C15H19N5O. The van der Waals surface area contributed by atoms with Crippen molar-refractivity contribution in [1.29, 1.82) is 0 Å². The summed E-state index contributed by atoms with van der Waals surface area (Å²) in [6, 6.07) is 9.16. The van der Waals surface area contributed by atoms with Crippen LogP contribution in [0, 0.1) is 0 Å². The Morgan fingerprint density at radius 1 is 0.905 bits per heavy atom. The third kappa shape index (κ3) is 3.75. The minimum atomic E-state index is -0.00351. The van der Waals surface area contributed by atoms with Crippen LogP contribution < -0.4 is 9.80 Å². The summed E-state index contributed by atoms with van der Waals surface area (Å²) in [5, 5.41) is 0. The topological polar surface area (TPSA) is 62.2 Å². The number of carbonyl (C=O) groups is 1. The molecule has 2 aromatic rings. The lowest BCUT2D eigenvalue weighted by molar-refractivity contribution is 0.0991. The lowest BCUT2D eigenvalue weighted by atomic mass is 10.1. The Morgan fingerprint density at radius 3 is 1.90 bits per heavy atom. The maximum Gasteiger partial charge on any atom is 0.229 e. The zero-order valence-electron chi connectivity index (χ0n) is 12.7. The molecule has 110 valence electrons. The van der Waals surface area contributed by atoms with Gasteiger partial charge in [-0.05, 0) is 0 Å². The van der Waals surface area contributed by atoms with Crippen LogP contribution >= 0.6 is 0 Å². The van der Waals surface area contributed by atoms with E-state index in [1.54, 1.807) is 21.9 Å². The highest BCUT2D eigenvalue weighted by Gasteiger charge is 2.13. The van der Waals surface area contributed by atoms with Gasteiger partial charge in [-0.2, -0.15) is 15.0 Å². The standard InChI is InChI=1S/C15H19N5O/c1-19(2)14-16-13(17-15(18-14)20(3)4)10-12(21)11-8-6-5-7-9-11/h5-9H,10H2,1-4H3. The maximum absolute atomic E-state index is 12.2. The van der Waals surface area contributed by atoms with E-state index in [0.717, 1.165) is 0 Å². The summed E-state index contributed by atoms with van der Waals surface area (Å²) in [5.41, 5.74) is 0.663. The van der Waals surface area contributed by atoms with Crippen LogP contribution in [0.2, 0.25) is 0 Å². The summed E-state index contributed by atoms with van der Waals surface area (Å²) in [4.78, 5) is 28.8. The van der Waals surface area contributed by atoms with Crippen molar-refractivity contribution in [3.63, 3.8) is 0 Å². The highest BCUT2D eigenvalue weighted by atomic mass is 16.1. The predicted octanol–water partition coefficient (Wildman–Crippen LogP) is 1.43. The molecule has 0 amide bonds. The summed E-state index contributed by atoms with van der Waals surface area (Å²) in [6.07, 6.45) is 0.161. The van der Waals surface area contributed by atoms with Gasteiger partial charge in [-0.1, -0.05) is 30.3 Å². The highest BCUT2D eigenvalue weighted by Crippen LogP contribution is 2.12. The fourth-order valence-electron chi connectivity index (χ4n) is 1.74. The van der Waals surface area contributed by atoms with Crippen LogP contribution in [0.25, 0.3) is 0 Å². The smallest absolute Gasteiger partial charge is 0.229 e. The van der Waals surface area contributed by atoms with Crippen molar-refractivity contribution in [3.05, 3.63) is 41.7 Å². The third-order valence-corrected chi connectivity index (χ3v) is 2.87. The van der Waals surface area contributed by atoms with Crippen molar-refractivity contribution in [2.24, 2.45) is 0 Å². The molecule has 0 saturated carbocycles. The zero-order valence-corrected chi connectivity index (χ0v) is 12.7. The largest absolute Gasteiger partial charge is 0.347 e. The lowest BCUT2D eigenvalue weighted by Crippen LogP contribution is -2.21. The molecule has 2 rings (SSSR count). The van der Waals surface area contributed by atoms with Gasteiger partial charge in [0.1, 0.15) is 5.82 Å². The fraction of sp³-hybridized carbons (Fsp3) is 0.333. The minimum Gasteiger partial charge on any atom is -0.347 e. The number of benzene rings is 1. The van der Waals surface area contributed by atoms with Crippen molar-refractivity contribution >= 4 is 17.7 Å². The second-order valence-corrected chi connectivity index (χ2v) is 5.11. The van der Waals surface area contributed by atoms with E-state index < -0.39 is 0 Å². The Morgan fingerprint density at radius 2 is 1.43 bits per heavy atom. The molecule has 0 fully saturated rings. The van der Waals surface area contributed by atoms with Crippen LogP contribution in [-0.2, 0) is 6.42 Å². The van der Waals surface area contributed by atoms with Gasteiger partial charge in [0, 0.05) is 33.8 Å². The first-order valence-corrected chi connectivity index (χ1v) is 6.65. The van der Waals surface area contributed by atoms with Gasteiger partial charge in [0.15, 0.2) is 5.78 Å². The lowest BCUT2D eigenvalue weighted by Gasteiger charge is -2.16. The van der Waals surface area contributed by atoms with Gasteiger partial charge in [0.25, 0.3) is 0 Å². The number of aromatic nitrogens is 3. The Labute approximate surface area is 124 Å². The van der Waals surface area contributed by atoms with Gasteiger partial charge in [-0.25, -0.2) is 0 Å². The molecule has 0 atom stereocenters. The molecule has 0 aliphatic carbocycles. The van der Waals surface area contributed by atoms with Crippen molar-refractivity contribution in [2.45, 2.75) is 6.42 Å². The van der Waals surface area contributed by atoms with E-state index >= 15 is 0 Å². The van der Waals surface area contributed by atoms with Crippen LogP contribution in [-0.4, -0.2) is 48.9 Å². The van der Waals surface area contributed by atoms with Gasteiger partial charge < -0.3 is 9.80 Å². The first kappa shape index (κ1) is 14.9. The average molecular weight is 285 g/mol.